The van der Waals surface area contributed by atoms with Crippen molar-refractivity contribution < 1.29 is 29.3 Å². The standard InChI is InChI=1S/C28H43NO6S/c1-15-9-8-10-28(7)22(35-28)12-21(27(6)13-18(27)19-14-36-17(3)29-19)34-23(31)11-20(30)26(4,5)25(33)16(2)24(15)32/h14-16,18,20-22,24,30,32H,8-13H2,1-7H3. The summed E-state index contributed by atoms with van der Waals surface area (Å²) in [5.74, 6) is -1.23. The van der Waals surface area contributed by atoms with E-state index < -0.39 is 29.5 Å². The van der Waals surface area contributed by atoms with Gasteiger partial charge in [0.2, 0.25) is 0 Å². The first-order valence-corrected chi connectivity index (χ1v) is 14.3. The number of epoxide rings is 1. The Bertz CT molecular complexity index is 992. The maximum absolute atomic E-state index is 13.3. The lowest BCUT2D eigenvalue weighted by Crippen LogP contribution is -2.46. The predicted octanol–water partition coefficient (Wildman–Crippen LogP) is 4.57. The lowest BCUT2D eigenvalue weighted by atomic mass is 9.73. The summed E-state index contributed by atoms with van der Waals surface area (Å²) in [7, 11) is 0. The third-order valence-electron chi connectivity index (χ3n) is 9.42. The van der Waals surface area contributed by atoms with E-state index in [9.17, 15) is 19.8 Å². The molecule has 202 valence electrons. The van der Waals surface area contributed by atoms with Gasteiger partial charge in [-0.05, 0) is 39.0 Å². The van der Waals surface area contributed by atoms with Crippen molar-refractivity contribution in [3.8, 4) is 0 Å². The number of thiazole rings is 1. The number of aliphatic hydroxyl groups is 2. The molecule has 0 spiro atoms. The summed E-state index contributed by atoms with van der Waals surface area (Å²) in [5, 5.41) is 24.9. The van der Waals surface area contributed by atoms with Crippen LogP contribution in [0.2, 0.25) is 0 Å². The number of aliphatic hydroxyl groups excluding tert-OH is 2. The molecule has 0 radical (unpaired) electrons. The molecule has 9 unspecified atom stereocenters. The highest BCUT2D eigenvalue weighted by atomic mass is 32.1. The number of fused-ring (bicyclic) bond motifs is 1. The maximum atomic E-state index is 13.3. The van der Waals surface area contributed by atoms with E-state index in [-0.39, 0.29) is 47.3 Å². The number of carbonyl (C=O) groups is 2. The van der Waals surface area contributed by atoms with Gasteiger partial charge in [-0.2, -0.15) is 0 Å². The van der Waals surface area contributed by atoms with Crippen LogP contribution >= 0.6 is 11.3 Å². The van der Waals surface area contributed by atoms with E-state index in [2.05, 4.69) is 24.2 Å². The summed E-state index contributed by atoms with van der Waals surface area (Å²) in [6.45, 7) is 13.2. The number of cyclic esters (lactones) is 1. The van der Waals surface area contributed by atoms with Gasteiger partial charge < -0.3 is 19.7 Å². The molecule has 0 amide bonds. The molecule has 7 nitrogen and oxygen atoms in total. The van der Waals surface area contributed by atoms with Crippen molar-refractivity contribution in [2.75, 3.05) is 0 Å². The van der Waals surface area contributed by atoms with Gasteiger partial charge in [0.15, 0.2) is 0 Å². The summed E-state index contributed by atoms with van der Waals surface area (Å²) < 4.78 is 12.2. The third-order valence-corrected chi connectivity index (χ3v) is 10.2. The lowest BCUT2D eigenvalue weighted by molar-refractivity contribution is -0.159. The summed E-state index contributed by atoms with van der Waals surface area (Å²) in [6.07, 6.45) is 1.36. The second-order valence-electron chi connectivity index (χ2n) is 12.6. The van der Waals surface area contributed by atoms with E-state index in [1.807, 2.05) is 13.8 Å². The van der Waals surface area contributed by atoms with Crippen molar-refractivity contribution in [2.45, 2.75) is 123 Å². The minimum atomic E-state index is -1.21. The maximum Gasteiger partial charge on any atom is 0.308 e. The molecule has 1 aliphatic carbocycles. The quantitative estimate of drug-likeness (QED) is 0.433. The number of esters is 1. The number of carbonyl (C=O) groups excluding carboxylic acids is 2. The average Bonchev–Trinajstić information content (AvgIpc) is 3.61. The van der Waals surface area contributed by atoms with Crippen molar-refractivity contribution in [1.82, 2.24) is 4.98 Å². The Morgan fingerprint density at radius 2 is 1.81 bits per heavy atom. The third kappa shape index (κ3) is 5.29. The number of aromatic nitrogens is 1. The molecule has 1 aromatic rings. The minimum Gasteiger partial charge on any atom is -0.462 e. The number of hydrogen-bond acceptors (Lipinski definition) is 8. The molecule has 3 heterocycles. The first-order valence-electron chi connectivity index (χ1n) is 13.4. The van der Waals surface area contributed by atoms with Gasteiger partial charge in [-0.3, -0.25) is 9.59 Å². The van der Waals surface area contributed by atoms with Crippen LogP contribution in [0.25, 0.3) is 0 Å². The van der Waals surface area contributed by atoms with Crippen LogP contribution in [0.3, 0.4) is 0 Å². The van der Waals surface area contributed by atoms with E-state index >= 15 is 0 Å². The molecule has 2 aliphatic heterocycles. The second kappa shape index (κ2) is 9.75. The second-order valence-corrected chi connectivity index (χ2v) is 13.7. The van der Waals surface area contributed by atoms with Crippen molar-refractivity contribution in [3.63, 3.8) is 0 Å². The van der Waals surface area contributed by atoms with E-state index in [0.29, 0.717) is 6.42 Å². The van der Waals surface area contributed by atoms with Gasteiger partial charge >= 0.3 is 5.97 Å². The molecule has 4 rings (SSSR count). The first kappa shape index (κ1) is 27.7. The summed E-state index contributed by atoms with van der Waals surface area (Å²) >= 11 is 1.63. The monoisotopic (exact) mass is 521 g/mol. The average molecular weight is 522 g/mol. The van der Waals surface area contributed by atoms with Crippen LogP contribution in [-0.2, 0) is 19.1 Å². The Morgan fingerprint density at radius 3 is 2.44 bits per heavy atom. The van der Waals surface area contributed by atoms with Crippen molar-refractivity contribution in [3.05, 3.63) is 16.1 Å². The van der Waals surface area contributed by atoms with E-state index in [1.165, 1.54) is 0 Å². The lowest BCUT2D eigenvalue weighted by Gasteiger charge is -2.35. The molecule has 36 heavy (non-hydrogen) atoms. The van der Waals surface area contributed by atoms with Crippen LogP contribution in [0.5, 0.6) is 0 Å². The largest absolute Gasteiger partial charge is 0.462 e. The number of nitrogens with zero attached hydrogens (tertiary/aromatic N) is 1. The Labute approximate surface area is 219 Å². The van der Waals surface area contributed by atoms with Gasteiger partial charge in [-0.1, -0.05) is 41.0 Å². The van der Waals surface area contributed by atoms with Crippen LogP contribution in [-0.4, -0.2) is 57.0 Å². The fraction of sp³-hybridized carbons (Fsp3) is 0.821. The van der Waals surface area contributed by atoms with Crippen molar-refractivity contribution in [2.24, 2.45) is 22.7 Å². The van der Waals surface area contributed by atoms with Gasteiger partial charge in [0.05, 0.1) is 46.5 Å². The molecule has 0 aromatic carbocycles. The van der Waals surface area contributed by atoms with Crippen LogP contribution in [0.1, 0.15) is 96.7 Å². The predicted molar refractivity (Wildman–Crippen MR) is 138 cm³/mol. The topological polar surface area (TPSA) is 109 Å². The zero-order valence-corrected chi connectivity index (χ0v) is 23.6. The SMILES string of the molecule is Cc1nc(C2CC2(C)C2CC3OC3(C)CCCC(C)C(O)C(C)C(=O)C(C)(C)C(O)CC(=O)O2)cs1. The molecule has 8 heteroatoms. The van der Waals surface area contributed by atoms with Gasteiger partial charge in [0, 0.05) is 29.1 Å². The molecule has 3 fully saturated rings. The van der Waals surface area contributed by atoms with Crippen molar-refractivity contribution in [1.29, 1.82) is 0 Å². The Hall–Kier alpha value is -1.35. The molecule has 9 atom stereocenters. The number of ketones is 1. The van der Waals surface area contributed by atoms with Gasteiger partial charge in [0.25, 0.3) is 0 Å². The molecule has 3 aliphatic rings. The number of hydrogen-bond donors (Lipinski definition) is 2. The minimum absolute atomic E-state index is 0.000506. The number of rotatable bonds is 2. The van der Waals surface area contributed by atoms with E-state index in [1.54, 1.807) is 32.1 Å². The van der Waals surface area contributed by atoms with Crippen LogP contribution in [0.4, 0.5) is 0 Å². The highest BCUT2D eigenvalue weighted by molar-refractivity contribution is 7.09. The van der Waals surface area contributed by atoms with E-state index in [4.69, 9.17) is 9.47 Å². The number of ether oxygens (including phenoxy) is 2. The summed E-state index contributed by atoms with van der Waals surface area (Å²) in [4.78, 5) is 31.1. The Balaban J connectivity index is 1.56. The normalized spacial score (nSPS) is 44.0. The van der Waals surface area contributed by atoms with Crippen LogP contribution in [0, 0.1) is 29.6 Å². The fourth-order valence-corrected chi connectivity index (χ4v) is 6.80. The molecule has 2 N–H and O–H groups in total. The highest BCUT2D eigenvalue weighted by Gasteiger charge is 2.62. The van der Waals surface area contributed by atoms with Crippen LogP contribution in [0.15, 0.2) is 5.38 Å². The number of aryl methyl sites for hydroxylation is 1. The van der Waals surface area contributed by atoms with Crippen LogP contribution < -0.4 is 0 Å². The van der Waals surface area contributed by atoms with E-state index in [0.717, 1.165) is 36.4 Å². The molecule has 1 aromatic heterocycles. The molecule has 2 saturated heterocycles. The Morgan fingerprint density at radius 1 is 1.11 bits per heavy atom. The van der Waals surface area contributed by atoms with Gasteiger partial charge in [0.1, 0.15) is 11.9 Å². The number of Topliss-reactive ketones (excluding diaryl/α,β-unsaturated/α-hetero) is 1. The summed E-state index contributed by atoms with van der Waals surface area (Å²) in [5.41, 5.74) is -0.643. The zero-order chi connectivity index (χ0) is 26.6. The molecule has 1 saturated carbocycles. The smallest absolute Gasteiger partial charge is 0.308 e. The van der Waals surface area contributed by atoms with Crippen molar-refractivity contribution >= 4 is 23.1 Å². The fourth-order valence-electron chi connectivity index (χ4n) is 6.14. The Kier molecular flexibility index (Phi) is 7.50. The first-order chi connectivity index (χ1) is 16.7. The molecular weight excluding hydrogens is 478 g/mol. The summed E-state index contributed by atoms with van der Waals surface area (Å²) in [6, 6.07) is 0. The zero-order valence-electron chi connectivity index (χ0n) is 22.7. The van der Waals surface area contributed by atoms with Gasteiger partial charge in [-0.25, -0.2) is 4.98 Å². The highest BCUT2D eigenvalue weighted by Crippen LogP contribution is 2.63. The molecule has 0 bridgehead atoms. The van der Waals surface area contributed by atoms with Gasteiger partial charge in [-0.15, -0.1) is 11.3 Å². The molecular formula is C28H43NO6S.